The summed E-state index contributed by atoms with van der Waals surface area (Å²) in [6, 6.07) is 9.66. The van der Waals surface area contributed by atoms with E-state index in [0.29, 0.717) is 22.4 Å². The third kappa shape index (κ3) is 4.72. The predicted octanol–water partition coefficient (Wildman–Crippen LogP) is 3.43. The smallest absolute Gasteiger partial charge is 0.306 e. The minimum atomic E-state index is -0.609. The molecule has 1 heterocycles. The first-order valence-corrected chi connectivity index (χ1v) is 8.59. The lowest BCUT2D eigenvalue weighted by atomic mass is 10.1. The molecule has 26 heavy (non-hydrogen) atoms. The molecule has 0 bridgehead atoms. The van der Waals surface area contributed by atoms with Gasteiger partial charge in [0.25, 0.3) is 5.91 Å². The number of fused-ring (bicyclic) bond motifs is 1. The lowest BCUT2D eigenvalue weighted by Crippen LogP contribution is -2.21. The fourth-order valence-electron chi connectivity index (χ4n) is 2.34. The maximum atomic E-state index is 13.6. The monoisotopic (exact) mass is 423 g/mol. The summed E-state index contributed by atoms with van der Waals surface area (Å²) < 4.78 is 29.6. The fraction of sp³-hybridized carbons (Fsp3) is 0.222. The second kappa shape index (κ2) is 8.18. The first kappa shape index (κ1) is 18.2. The largest absolute Gasteiger partial charge is 0.456 e. The highest BCUT2D eigenvalue weighted by molar-refractivity contribution is 9.10. The molecule has 8 heteroatoms. The molecule has 0 atom stereocenters. The van der Waals surface area contributed by atoms with Crippen molar-refractivity contribution in [3.05, 3.63) is 52.3 Å². The molecule has 6 nitrogen and oxygen atoms in total. The molecule has 2 aromatic carbocycles. The van der Waals surface area contributed by atoms with Crippen LogP contribution in [0.25, 0.3) is 0 Å². The van der Waals surface area contributed by atoms with E-state index in [9.17, 15) is 14.0 Å². The molecule has 3 rings (SSSR count). The maximum absolute atomic E-state index is 13.6. The van der Waals surface area contributed by atoms with Crippen molar-refractivity contribution in [3.8, 4) is 11.5 Å². The van der Waals surface area contributed by atoms with E-state index in [0.717, 1.165) is 5.56 Å². The third-order valence-corrected chi connectivity index (χ3v) is 4.12. The van der Waals surface area contributed by atoms with Crippen molar-refractivity contribution in [3.63, 3.8) is 0 Å². The first-order chi connectivity index (χ1) is 12.5. The lowest BCUT2D eigenvalue weighted by molar-refractivity contribution is -0.147. The van der Waals surface area contributed by atoms with Crippen LogP contribution in [-0.2, 0) is 20.7 Å². The number of hydrogen-bond donors (Lipinski definition) is 1. The molecule has 0 fully saturated rings. The van der Waals surface area contributed by atoms with Gasteiger partial charge in [0.1, 0.15) is 5.82 Å². The van der Waals surface area contributed by atoms with Crippen LogP contribution < -0.4 is 14.8 Å². The van der Waals surface area contributed by atoms with Crippen LogP contribution >= 0.6 is 15.9 Å². The van der Waals surface area contributed by atoms with E-state index in [1.54, 1.807) is 18.2 Å². The van der Waals surface area contributed by atoms with E-state index in [1.807, 2.05) is 6.07 Å². The van der Waals surface area contributed by atoms with Gasteiger partial charge in [0.15, 0.2) is 18.1 Å². The first-order valence-electron chi connectivity index (χ1n) is 7.80. The topological polar surface area (TPSA) is 73.9 Å². The Morgan fingerprint density at radius 3 is 2.77 bits per heavy atom. The number of hydrogen-bond acceptors (Lipinski definition) is 5. The zero-order valence-corrected chi connectivity index (χ0v) is 15.2. The van der Waals surface area contributed by atoms with Gasteiger partial charge < -0.3 is 19.5 Å². The summed E-state index contributed by atoms with van der Waals surface area (Å²) >= 11 is 3.13. The second-order valence-electron chi connectivity index (χ2n) is 5.52. The van der Waals surface area contributed by atoms with Gasteiger partial charge in [-0.05, 0) is 42.3 Å². The van der Waals surface area contributed by atoms with Crippen LogP contribution in [0.15, 0.2) is 40.9 Å². The molecule has 1 aliphatic heterocycles. The van der Waals surface area contributed by atoms with Crippen molar-refractivity contribution < 1.29 is 28.2 Å². The Hall–Kier alpha value is -2.61. The minimum absolute atomic E-state index is 0.0228. The van der Waals surface area contributed by atoms with E-state index in [4.69, 9.17) is 14.2 Å². The molecule has 0 saturated heterocycles. The minimum Gasteiger partial charge on any atom is -0.456 e. The number of anilines is 1. The Kier molecular flexibility index (Phi) is 5.72. The lowest BCUT2D eigenvalue weighted by Gasteiger charge is -2.08. The number of ether oxygens (including phenoxy) is 3. The average molecular weight is 424 g/mol. The van der Waals surface area contributed by atoms with Crippen LogP contribution in [0.4, 0.5) is 10.1 Å². The van der Waals surface area contributed by atoms with Gasteiger partial charge in [-0.25, -0.2) is 4.39 Å². The summed E-state index contributed by atoms with van der Waals surface area (Å²) in [6.07, 6.45) is 0.554. The summed E-state index contributed by atoms with van der Waals surface area (Å²) in [5, 5.41) is 2.35. The summed E-state index contributed by atoms with van der Waals surface area (Å²) in [5.74, 6) is -0.390. The molecule has 0 saturated carbocycles. The Morgan fingerprint density at radius 2 is 1.96 bits per heavy atom. The van der Waals surface area contributed by atoms with Crippen LogP contribution in [0.5, 0.6) is 11.5 Å². The number of aryl methyl sites for hydroxylation is 1. The van der Waals surface area contributed by atoms with Crippen molar-refractivity contribution in [2.75, 3.05) is 18.7 Å². The molecule has 1 amide bonds. The molecular formula is C18H15BrFNO5. The number of amides is 1. The van der Waals surface area contributed by atoms with E-state index in [1.165, 1.54) is 12.1 Å². The van der Waals surface area contributed by atoms with Gasteiger partial charge >= 0.3 is 5.97 Å². The van der Waals surface area contributed by atoms with Crippen molar-refractivity contribution in [2.45, 2.75) is 12.8 Å². The zero-order valence-electron chi connectivity index (χ0n) is 13.6. The number of benzene rings is 2. The number of carbonyl (C=O) groups excluding carboxylic acids is 2. The van der Waals surface area contributed by atoms with Crippen molar-refractivity contribution in [1.82, 2.24) is 0 Å². The van der Waals surface area contributed by atoms with Crippen molar-refractivity contribution in [2.24, 2.45) is 0 Å². The molecule has 0 aliphatic carbocycles. The van der Waals surface area contributed by atoms with Gasteiger partial charge in [-0.2, -0.15) is 0 Å². The second-order valence-corrected chi connectivity index (χ2v) is 6.44. The van der Waals surface area contributed by atoms with Crippen LogP contribution in [0.1, 0.15) is 12.0 Å². The standard InChI is InChI=1S/C18H15BrFNO5/c19-12-3-4-14(13(20)8-12)21-17(22)9-24-18(23)6-2-11-1-5-15-16(7-11)26-10-25-15/h1,3-5,7-8H,2,6,9-10H2,(H,21,22). The molecule has 2 aromatic rings. The van der Waals surface area contributed by atoms with Crippen molar-refractivity contribution in [1.29, 1.82) is 0 Å². The van der Waals surface area contributed by atoms with Gasteiger partial charge in [-0.3, -0.25) is 9.59 Å². The molecule has 0 spiro atoms. The zero-order chi connectivity index (χ0) is 18.5. The predicted molar refractivity (Wildman–Crippen MR) is 94.6 cm³/mol. The van der Waals surface area contributed by atoms with Crippen LogP contribution in [0.3, 0.4) is 0 Å². The number of nitrogens with one attached hydrogen (secondary N) is 1. The van der Waals surface area contributed by atoms with E-state index in [2.05, 4.69) is 21.2 Å². The molecule has 0 radical (unpaired) electrons. The molecule has 0 unspecified atom stereocenters. The summed E-state index contributed by atoms with van der Waals surface area (Å²) in [6.45, 7) is -0.287. The normalized spacial score (nSPS) is 11.9. The van der Waals surface area contributed by atoms with E-state index < -0.39 is 24.3 Å². The highest BCUT2D eigenvalue weighted by Gasteiger charge is 2.14. The van der Waals surface area contributed by atoms with Gasteiger partial charge in [0, 0.05) is 10.9 Å². The van der Waals surface area contributed by atoms with Crippen molar-refractivity contribution >= 4 is 33.5 Å². The summed E-state index contributed by atoms with van der Waals surface area (Å²) in [5.41, 5.74) is 0.919. The van der Waals surface area contributed by atoms with Crippen LogP contribution in [-0.4, -0.2) is 25.3 Å². The van der Waals surface area contributed by atoms with Gasteiger partial charge in [0.2, 0.25) is 6.79 Å². The van der Waals surface area contributed by atoms with Crippen LogP contribution in [0, 0.1) is 5.82 Å². The SMILES string of the molecule is O=C(COC(=O)CCc1ccc2c(c1)OCO2)Nc1ccc(Br)cc1F. The summed E-state index contributed by atoms with van der Waals surface area (Å²) in [7, 11) is 0. The fourth-order valence-corrected chi connectivity index (χ4v) is 2.67. The van der Waals surface area contributed by atoms with Gasteiger partial charge in [-0.15, -0.1) is 0 Å². The number of carbonyl (C=O) groups is 2. The average Bonchev–Trinajstić information content (AvgIpc) is 3.08. The molecule has 0 aromatic heterocycles. The number of esters is 1. The summed E-state index contributed by atoms with van der Waals surface area (Å²) in [4.78, 5) is 23.5. The molecular weight excluding hydrogens is 409 g/mol. The van der Waals surface area contributed by atoms with Crippen LogP contribution in [0.2, 0.25) is 0 Å². The maximum Gasteiger partial charge on any atom is 0.306 e. The third-order valence-electron chi connectivity index (χ3n) is 3.62. The Balaban J connectivity index is 1.43. The van der Waals surface area contributed by atoms with Gasteiger partial charge in [-0.1, -0.05) is 22.0 Å². The highest BCUT2D eigenvalue weighted by atomic mass is 79.9. The Morgan fingerprint density at radius 1 is 1.15 bits per heavy atom. The quantitative estimate of drug-likeness (QED) is 0.720. The number of rotatable bonds is 6. The molecule has 1 N–H and O–H groups in total. The molecule has 1 aliphatic rings. The Bertz CT molecular complexity index is 842. The van der Waals surface area contributed by atoms with E-state index >= 15 is 0 Å². The van der Waals surface area contributed by atoms with Gasteiger partial charge in [0.05, 0.1) is 5.69 Å². The molecule has 136 valence electrons. The highest BCUT2D eigenvalue weighted by Crippen LogP contribution is 2.32. The number of halogens is 2. The van der Waals surface area contributed by atoms with E-state index in [-0.39, 0.29) is 18.9 Å². The Labute approximate surface area is 157 Å².